The summed E-state index contributed by atoms with van der Waals surface area (Å²) in [6.45, 7) is 7.53. The van der Waals surface area contributed by atoms with Crippen molar-refractivity contribution < 1.29 is 9.26 Å². The molecule has 0 bridgehead atoms. The van der Waals surface area contributed by atoms with Gasteiger partial charge in [0.25, 0.3) is 0 Å². The van der Waals surface area contributed by atoms with E-state index in [-0.39, 0.29) is 6.04 Å². The van der Waals surface area contributed by atoms with Crippen molar-refractivity contribution in [1.82, 2.24) is 24.9 Å². The second kappa shape index (κ2) is 9.50. The Morgan fingerprint density at radius 3 is 2.69 bits per heavy atom. The first-order valence-electron chi connectivity index (χ1n) is 13.5. The molecule has 2 aliphatic heterocycles. The highest BCUT2D eigenvalue weighted by molar-refractivity contribution is 5.94. The minimum atomic E-state index is 0.0555. The number of aromatic nitrogens is 5. The first kappa shape index (κ1) is 23.8. The van der Waals surface area contributed by atoms with Gasteiger partial charge in [-0.2, -0.15) is 10.1 Å². The van der Waals surface area contributed by atoms with Gasteiger partial charge in [0, 0.05) is 55.3 Å². The minimum absolute atomic E-state index is 0.0555. The molecule has 198 valence electrons. The number of hydrogen-bond acceptors (Lipinski definition) is 8. The van der Waals surface area contributed by atoms with Crippen molar-refractivity contribution in [2.75, 3.05) is 36.1 Å². The zero-order valence-corrected chi connectivity index (χ0v) is 22.5. The maximum Gasteiger partial charge on any atom is 0.228 e. The summed E-state index contributed by atoms with van der Waals surface area (Å²) in [5.74, 6) is 2.48. The number of benzene rings is 2. The van der Waals surface area contributed by atoms with E-state index < -0.39 is 0 Å². The molecule has 39 heavy (non-hydrogen) atoms. The Morgan fingerprint density at radius 1 is 1.00 bits per heavy atom. The minimum Gasteiger partial charge on any atom is -0.377 e. The number of aryl methyl sites for hydroxylation is 3. The van der Waals surface area contributed by atoms with Gasteiger partial charge in [-0.3, -0.25) is 4.68 Å². The highest BCUT2D eigenvalue weighted by Crippen LogP contribution is 2.38. The molecule has 2 aromatic carbocycles. The van der Waals surface area contributed by atoms with E-state index in [0.29, 0.717) is 13.2 Å². The summed E-state index contributed by atoms with van der Waals surface area (Å²) in [5.41, 5.74) is 7.60. The summed E-state index contributed by atoms with van der Waals surface area (Å²) in [4.78, 5) is 15.0. The quantitative estimate of drug-likeness (QED) is 0.334. The molecular weight excluding hydrogens is 490 g/mol. The summed E-state index contributed by atoms with van der Waals surface area (Å²) in [6.07, 6.45) is 2.88. The maximum atomic E-state index is 5.98. The Bertz CT molecular complexity index is 1640. The monoisotopic (exact) mass is 521 g/mol. The van der Waals surface area contributed by atoms with Crippen molar-refractivity contribution in [1.29, 1.82) is 0 Å². The van der Waals surface area contributed by atoms with E-state index in [2.05, 4.69) is 68.6 Å². The molecule has 1 fully saturated rings. The lowest BCUT2D eigenvalue weighted by Gasteiger charge is -2.38. The molecule has 1 atom stereocenters. The number of hydrogen-bond donors (Lipinski definition) is 0. The Balaban J connectivity index is 1.39. The fraction of sp³-hybridized carbons (Fsp3) is 0.333. The normalized spacial score (nSPS) is 17.6. The lowest BCUT2D eigenvalue weighted by atomic mass is 10.0. The maximum absolute atomic E-state index is 5.98. The van der Waals surface area contributed by atoms with Crippen LogP contribution in [0.4, 0.5) is 11.8 Å². The number of anilines is 2. The van der Waals surface area contributed by atoms with Gasteiger partial charge in [-0.1, -0.05) is 41.6 Å². The fourth-order valence-corrected chi connectivity index (χ4v) is 5.98. The van der Waals surface area contributed by atoms with Gasteiger partial charge < -0.3 is 19.1 Å². The number of fused-ring (bicyclic) bond motifs is 2. The van der Waals surface area contributed by atoms with Gasteiger partial charge in [0.15, 0.2) is 0 Å². The number of nitrogens with zero attached hydrogens (tertiary/aromatic N) is 7. The molecule has 9 nitrogen and oxygen atoms in total. The zero-order chi connectivity index (χ0) is 26.5. The van der Waals surface area contributed by atoms with Crippen LogP contribution in [0.3, 0.4) is 0 Å². The van der Waals surface area contributed by atoms with Crippen molar-refractivity contribution in [3.63, 3.8) is 0 Å². The van der Waals surface area contributed by atoms with Gasteiger partial charge in [0.1, 0.15) is 11.6 Å². The van der Waals surface area contributed by atoms with Crippen LogP contribution in [0.5, 0.6) is 0 Å². The second-order valence-corrected chi connectivity index (χ2v) is 10.4. The number of morpholine rings is 1. The number of ether oxygens (including phenoxy) is 1. The highest BCUT2D eigenvalue weighted by atomic mass is 16.5. The van der Waals surface area contributed by atoms with E-state index in [9.17, 15) is 0 Å². The molecule has 2 aliphatic rings. The molecule has 9 heteroatoms. The molecule has 5 aromatic rings. The van der Waals surface area contributed by atoms with Crippen LogP contribution in [0.25, 0.3) is 22.0 Å². The molecule has 0 radical (unpaired) electrons. The Labute approximate surface area is 227 Å². The average Bonchev–Trinajstić information content (AvgIpc) is 3.52. The summed E-state index contributed by atoms with van der Waals surface area (Å²) >= 11 is 0. The lowest BCUT2D eigenvalue weighted by Crippen LogP contribution is -2.40. The van der Waals surface area contributed by atoms with Crippen LogP contribution in [0.15, 0.2) is 59.3 Å². The molecule has 7 rings (SSSR count). The Morgan fingerprint density at radius 2 is 1.87 bits per heavy atom. The molecule has 0 spiro atoms. The van der Waals surface area contributed by atoms with E-state index in [1.54, 1.807) is 0 Å². The van der Waals surface area contributed by atoms with Crippen molar-refractivity contribution >= 4 is 22.7 Å². The predicted molar refractivity (Wildman–Crippen MR) is 150 cm³/mol. The molecule has 3 aromatic heterocycles. The van der Waals surface area contributed by atoms with Gasteiger partial charge in [0.05, 0.1) is 36.7 Å². The third-order valence-electron chi connectivity index (χ3n) is 7.98. The van der Waals surface area contributed by atoms with Crippen LogP contribution in [0.1, 0.15) is 34.3 Å². The van der Waals surface area contributed by atoms with E-state index in [4.69, 9.17) is 19.2 Å². The van der Waals surface area contributed by atoms with E-state index in [1.165, 1.54) is 16.8 Å². The molecule has 1 saturated heterocycles. The average molecular weight is 522 g/mol. The molecule has 0 amide bonds. The first-order valence-corrected chi connectivity index (χ1v) is 13.5. The van der Waals surface area contributed by atoms with Crippen LogP contribution < -0.4 is 9.80 Å². The van der Waals surface area contributed by atoms with Crippen molar-refractivity contribution in [2.45, 2.75) is 32.9 Å². The van der Waals surface area contributed by atoms with E-state index >= 15 is 0 Å². The predicted octanol–water partition coefficient (Wildman–Crippen LogP) is 4.78. The summed E-state index contributed by atoms with van der Waals surface area (Å²) < 4.78 is 13.4. The van der Waals surface area contributed by atoms with Crippen LogP contribution in [0, 0.1) is 13.8 Å². The van der Waals surface area contributed by atoms with Crippen molar-refractivity contribution in [3.05, 3.63) is 83.0 Å². The van der Waals surface area contributed by atoms with Gasteiger partial charge in [-0.05, 0) is 37.1 Å². The van der Waals surface area contributed by atoms with E-state index in [1.807, 2.05) is 31.8 Å². The summed E-state index contributed by atoms with van der Waals surface area (Å²) in [6, 6.07) is 17.0. The molecule has 0 saturated carbocycles. The van der Waals surface area contributed by atoms with Crippen LogP contribution >= 0.6 is 0 Å². The molecule has 0 N–H and O–H groups in total. The summed E-state index contributed by atoms with van der Waals surface area (Å²) in [5, 5.41) is 9.67. The SMILES string of the molecule is Cc1noc(C)c1-c1ccc2nc(N3CCc4c(cnn4C)C3)nc(N3CCOCC3c3ccccc3)c2c1. The second-order valence-electron chi connectivity index (χ2n) is 10.4. The zero-order valence-electron chi connectivity index (χ0n) is 22.5. The van der Waals surface area contributed by atoms with Gasteiger partial charge in [-0.25, -0.2) is 4.98 Å². The largest absolute Gasteiger partial charge is 0.377 e. The van der Waals surface area contributed by atoms with E-state index in [0.717, 1.165) is 71.3 Å². The standard InChI is InChI=1S/C30H31N7O2/c1-19-28(20(2)39-34-19)22-9-10-25-24(15-22)29(37-13-14-38-18-27(37)21-7-5-4-6-8-21)33-30(32-25)36-12-11-26-23(17-36)16-31-35(26)3/h4-10,15-16,27H,11-14,17-18H2,1-3H3. The molecule has 0 aliphatic carbocycles. The first-order chi connectivity index (χ1) is 19.1. The van der Waals surface area contributed by atoms with Crippen LogP contribution in [-0.2, 0) is 24.8 Å². The van der Waals surface area contributed by atoms with Crippen LogP contribution in [0.2, 0.25) is 0 Å². The van der Waals surface area contributed by atoms with Crippen LogP contribution in [-0.4, -0.2) is 51.2 Å². The molecule has 1 unspecified atom stereocenters. The highest BCUT2D eigenvalue weighted by Gasteiger charge is 2.30. The lowest BCUT2D eigenvalue weighted by molar-refractivity contribution is 0.0939. The number of rotatable bonds is 4. The smallest absolute Gasteiger partial charge is 0.228 e. The fourth-order valence-electron chi connectivity index (χ4n) is 5.98. The molecule has 5 heterocycles. The third-order valence-corrected chi connectivity index (χ3v) is 7.98. The van der Waals surface area contributed by atoms with Crippen molar-refractivity contribution in [2.24, 2.45) is 7.05 Å². The topological polar surface area (TPSA) is 85.3 Å². The Hall–Kier alpha value is -4.24. The van der Waals surface area contributed by atoms with Gasteiger partial charge in [-0.15, -0.1) is 0 Å². The third kappa shape index (κ3) is 4.13. The van der Waals surface area contributed by atoms with Gasteiger partial charge >= 0.3 is 0 Å². The van der Waals surface area contributed by atoms with Gasteiger partial charge in [0.2, 0.25) is 5.95 Å². The molecular formula is C30H31N7O2. The summed E-state index contributed by atoms with van der Waals surface area (Å²) in [7, 11) is 2.01. The van der Waals surface area contributed by atoms with Crippen molar-refractivity contribution in [3.8, 4) is 11.1 Å². The Kier molecular flexibility index (Phi) is 5.81.